The highest BCUT2D eigenvalue weighted by Gasteiger charge is 2.15. The first-order chi connectivity index (χ1) is 15.9. The van der Waals surface area contributed by atoms with E-state index in [2.05, 4.69) is 10.6 Å². The van der Waals surface area contributed by atoms with Gasteiger partial charge in [0.25, 0.3) is 11.8 Å². The molecule has 2 aromatic rings. The third kappa shape index (κ3) is 7.90. The Kier molecular flexibility index (Phi) is 9.80. The van der Waals surface area contributed by atoms with Crippen LogP contribution >= 0.6 is 11.6 Å². The molecule has 0 fully saturated rings. The second-order valence-corrected chi connectivity index (χ2v) is 6.82. The van der Waals surface area contributed by atoms with Gasteiger partial charge in [0.15, 0.2) is 24.7 Å². The van der Waals surface area contributed by atoms with Gasteiger partial charge in [0.2, 0.25) is 0 Å². The van der Waals surface area contributed by atoms with E-state index < -0.39 is 24.4 Å². The lowest BCUT2D eigenvalue weighted by Crippen LogP contribution is -2.29. The first kappa shape index (κ1) is 25.3. The second-order valence-electron chi connectivity index (χ2n) is 6.38. The predicted octanol–water partition coefficient (Wildman–Crippen LogP) is 2.56. The van der Waals surface area contributed by atoms with Crippen LogP contribution in [-0.4, -0.2) is 51.8 Å². The van der Waals surface area contributed by atoms with Crippen LogP contribution in [0.3, 0.4) is 0 Å². The Labute approximate surface area is 195 Å². The fourth-order valence-corrected chi connectivity index (χ4v) is 2.72. The summed E-state index contributed by atoms with van der Waals surface area (Å²) in [4.78, 5) is 36.0. The van der Waals surface area contributed by atoms with Gasteiger partial charge in [0.05, 0.1) is 38.0 Å². The Hall–Kier alpha value is -3.97. The van der Waals surface area contributed by atoms with Gasteiger partial charge in [-0.2, -0.15) is 5.26 Å². The molecule has 0 radical (unpaired) electrons. The predicted molar refractivity (Wildman–Crippen MR) is 119 cm³/mol. The van der Waals surface area contributed by atoms with Crippen molar-refractivity contribution in [2.45, 2.75) is 6.42 Å². The zero-order chi connectivity index (χ0) is 24.2. The second kappa shape index (κ2) is 12.8. The number of rotatable bonds is 11. The van der Waals surface area contributed by atoms with Crippen LogP contribution in [0.25, 0.3) is 0 Å². The lowest BCUT2D eigenvalue weighted by molar-refractivity contribution is -0.124. The Balaban J connectivity index is 1.94. The minimum Gasteiger partial charge on any atom is -0.495 e. The van der Waals surface area contributed by atoms with Crippen molar-refractivity contribution in [3.63, 3.8) is 0 Å². The maximum absolute atomic E-state index is 12.3. The maximum Gasteiger partial charge on any atom is 0.338 e. The molecule has 0 aliphatic carbocycles. The number of carbonyl (C=O) groups excluding carboxylic acids is 3. The lowest BCUT2D eigenvalue weighted by atomic mass is 10.2. The van der Waals surface area contributed by atoms with Crippen molar-refractivity contribution >= 4 is 35.1 Å². The van der Waals surface area contributed by atoms with Crippen molar-refractivity contribution < 1.29 is 33.3 Å². The van der Waals surface area contributed by atoms with E-state index in [4.69, 9.17) is 35.8 Å². The maximum atomic E-state index is 12.3. The molecule has 2 amide bonds. The summed E-state index contributed by atoms with van der Waals surface area (Å²) in [6.07, 6.45) is 0.156. The van der Waals surface area contributed by atoms with Gasteiger partial charge in [-0.15, -0.1) is 0 Å². The zero-order valence-electron chi connectivity index (χ0n) is 18.0. The Bertz CT molecular complexity index is 1050. The van der Waals surface area contributed by atoms with Gasteiger partial charge in [-0.25, -0.2) is 4.79 Å². The number of hydrogen-bond donors (Lipinski definition) is 2. The Morgan fingerprint density at radius 2 is 1.70 bits per heavy atom. The number of esters is 1. The van der Waals surface area contributed by atoms with Gasteiger partial charge in [-0.3, -0.25) is 9.59 Å². The summed E-state index contributed by atoms with van der Waals surface area (Å²) in [6, 6.07) is 10.9. The summed E-state index contributed by atoms with van der Waals surface area (Å²) in [5.41, 5.74) is 0.512. The molecule has 2 N–H and O–H groups in total. The molecule has 0 atom stereocenters. The average Bonchev–Trinajstić information content (AvgIpc) is 2.81. The molecule has 0 unspecified atom stereocenters. The molecule has 2 rings (SSSR count). The molecule has 10 nitrogen and oxygen atoms in total. The van der Waals surface area contributed by atoms with E-state index in [9.17, 15) is 14.4 Å². The largest absolute Gasteiger partial charge is 0.495 e. The fraction of sp³-hybridized carbons (Fsp3) is 0.273. The van der Waals surface area contributed by atoms with E-state index >= 15 is 0 Å². The van der Waals surface area contributed by atoms with Crippen LogP contribution in [0.15, 0.2) is 36.4 Å². The zero-order valence-corrected chi connectivity index (χ0v) is 18.7. The van der Waals surface area contributed by atoms with Crippen molar-refractivity contribution in [2.24, 2.45) is 0 Å². The van der Waals surface area contributed by atoms with Crippen LogP contribution in [0.5, 0.6) is 17.2 Å². The van der Waals surface area contributed by atoms with Crippen LogP contribution in [-0.2, 0) is 14.3 Å². The lowest BCUT2D eigenvalue weighted by Gasteiger charge is -2.13. The van der Waals surface area contributed by atoms with E-state index in [0.29, 0.717) is 16.5 Å². The molecule has 0 aliphatic heterocycles. The minimum atomic E-state index is -0.749. The molecule has 2 aromatic carbocycles. The number of benzene rings is 2. The average molecular weight is 476 g/mol. The molecule has 0 aliphatic rings. The molecule has 0 spiro atoms. The molecule has 0 saturated carbocycles. The Morgan fingerprint density at radius 1 is 0.970 bits per heavy atom. The fourth-order valence-electron chi connectivity index (χ4n) is 2.54. The van der Waals surface area contributed by atoms with Crippen LogP contribution < -0.4 is 24.8 Å². The van der Waals surface area contributed by atoms with Crippen molar-refractivity contribution in [3.8, 4) is 23.3 Å². The van der Waals surface area contributed by atoms with E-state index in [1.54, 1.807) is 18.2 Å². The molecule has 0 heterocycles. The van der Waals surface area contributed by atoms with Gasteiger partial charge >= 0.3 is 5.97 Å². The van der Waals surface area contributed by atoms with Crippen LogP contribution in [0, 0.1) is 11.3 Å². The first-order valence-corrected chi connectivity index (χ1v) is 10.0. The summed E-state index contributed by atoms with van der Waals surface area (Å²) in [5.74, 6) is -0.892. The van der Waals surface area contributed by atoms with E-state index in [1.807, 2.05) is 6.07 Å². The third-order valence-electron chi connectivity index (χ3n) is 4.09. The van der Waals surface area contributed by atoms with Gasteiger partial charge < -0.3 is 29.6 Å². The number of ether oxygens (including phenoxy) is 4. The van der Waals surface area contributed by atoms with Gasteiger partial charge in [0, 0.05) is 11.6 Å². The highest BCUT2D eigenvalue weighted by Crippen LogP contribution is 2.29. The molecule has 33 heavy (non-hydrogen) atoms. The summed E-state index contributed by atoms with van der Waals surface area (Å²) >= 11 is 5.95. The quantitative estimate of drug-likeness (QED) is 0.374. The standard InChI is InChI=1S/C22H22ClN3O7/c1-30-17-7-5-15(23)11-16(17)26-21(28)13-32-18-6-4-14(10-19(18)31-2)22(29)33-12-20(27)25-9-3-8-24/h4-7,10-11H,3,9,12-13H2,1-2H3,(H,25,27)(H,26,28). The van der Waals surface area contributed by atoms with Crippen LogP contribution in [0.1, 0.15) is 16.8 Å². The summed E-state index contributed by atoms with van der Waals surface area (Å²) in [6.45, 7) is -0.666. The van der Waals surface area contributed by atoms with Crippen molar-refractivity contribution in [2.75, 3.05) is 39.3 Å². The highest BCUT2D eigenvalue weighted by molar-refractivity contribution is 6.31. The first-order valence-electron chi connectivity index (χ1n) is 9.63. The number of amides is 2. The van der Waals surface area contributed by atoms with Gasteiger partial charge in [0.1, 0.15) is 5.75 Å². The number of nitrogens with one attached hydrogen (secondary N) is 2. The van der Waals surface area contributed by atoms with E-state index in [0.717, 1.165) is 0 Å². The SMILES string of the molecule is COc1ccc(Cl)cc1NC(=O)COc1ccc(C(=O)OCC(=O)NCCC#N)cc1OC. The van der Waals surface area contributed by atoms with Gasteiger partial charge in [-0.1, -0.05) is 11.6 Å². The third-order valence-corrected chi connectivity index (χ3v) is 4.32. The molecule has 0 bridgehead atoms. The molecule has 174 valence electrons. The number of nitriles is 1. The number of carbonyl (C=O) groups is 3. The summed E-state index contributed by atoms with van der Waals surface area (Å²) in [7, 11) is 2.84. The Morgan fingerprint density at radius 3 is 2.39 bits per heavy atom. The molecule has 0 aromatic heterocycles. The van der Waals surface area contributed by atoms with Gasteiger partial charge in [-0.05, 0) is 36.4 Å². The van der Waals surface area contributed by atoms with E-state index in [-0.39, 0.29) is 36.6 Å². The van der Waals surface area contributed by atoms with E-state index in [1.165, 1.54) is 32.4 Å². The number of halogens is 1. The van der Waals surface area contributed by atoms with Crippen molar-refractivity contribution in [1.82, 2.24) is 5.32 Å². The number of methoxy groups -OCH3 is 2. The summed E-state index contributed by atoms with van der Waals surface area (Å²) in [5, 5.41) is 14.0. The smallest absolute Gasteiger partial charge is 0.338 e. The number of hydrogen-bond acceptors (Lipinski definition) is 8. The molecular formula is C22H22ClN3O7. The molecular weight excluding hydrogens is 454 g/mol. The molecule has 11 heteroatoms. The topological polar surface area (TPSA) is 136 Å². The minimum absolute atomic E-state index is 0.122. The number of anilines is 1. The summed E-state index contributed by atoms with van der Waals surface area (Å²) < 4.78 is 20.8. The monoisotopic (exact) mass is 475 g/mol. The number of nitrogens with zero attached hydrogens (tertiary/aromatic N) is 1. The molecule has 0 saturated heterocycles. The van der Waals surface area contributed by atoms with Crippen molar-refractivity contribution in [1.29, 1.82) is 5.26 Å². The van der Waals surface area contributed by atoms with Crippen LogP contribution in [0.2, 0.25) is 5.02 Å². The van der Waals surface area contributed by atoms with Crippen molar-refractivity contribution in [3.05, 3.63) is 47.0 Å². The van der Waals surface area contributed by atoms with Crippen LogP contribution in [0.4, 0.5) is 5.69 Å². The highest BCUT2D eigenvalue weighted by atomic mass is 35.5. The normalized spacial score (nSPS) is 9.88.